The van der Waals surface area contributed by atoms with Crippen molar-refractivity contribution < 1.29 is 9.53 Å². The summed E-state index contributed by atoms with van der Waals surface area (Å²) in [6.07, 6.45) is 5.58. The summed E-state index contributed by atoms with van der Waals surface area (Å²) in [5, 5.41) is 4.45. The van der Waals surface area contributed by atoms with Gasteiger partial charge in [-0.15, -0.1) is 0 Å². The van der Waals surface area contributed by atoms with Crippen molar-refractivity contribution in [1.82, 2.24) is 0 Å². The Hall–Kier alpha value is -3.04. The number of Topliss-reactive ketones (excluding diaryl/α,β-unsaturated/α-hetero) is 1. The first kappa shape index (κ1) is 19.9. The number of rotatable bonds is 5. The zero-order valence-corrected chi connectivity index (χ0v) is 18.1. The van der Waals surface area contributed by atoms with Gasteiger partial charge in [0.2, 0.25) is 0 Å². The smallest absolute Gasteiger partial charge is 0.159 e. The Balaban J connectivity index is 1.35. The molecular weight excluding hydrogens is 406 g/mol. The Morgan fingerprint density at radius 3 is 2.68 bits per heavy atom. The van der Waals surface area contributed by atoms with E-state index in [0.29, 0.717) is 18.4 Å². The molecule has 3 nitrogen and oxygen atoms in total. The van der Waals surface area contributed by atoms with Gasteiger partial charge in [0.1, 0.15) is 12.4 Å². The van der Waals surface area contributed by atoms with Gasteiger partial charge < -0.3 is 10.1 Å². The van der Waals surface area contributed by atoms with Gasteiger partial charge in [-0.3, -0.25) is 4.79 Å². The maximum Gasteiger partial charge on any atom is 0.159 e. The SMILES string of the molecule is CC(=O)c1ccc2c(c1)[C@@H]1C=CC[C@@H]1[C@H](c1ccc(OCc3ccccc3Cl)cc1)N2. The maximum atomic E-state index is 11.8. The highest BCUT2D eigenvalue weighted by Gasteiger charge is 2.38. The van der Waals surface area contributed by atoms with E-state index < -0.39 is 0 Å². The van der Waals surface area contributed by atoms with Crippen LogP contribution in [0.25, 0.3) is 0 Å². The molecule has 0 radical (unpaired) electrons. The minimum atomic E-state index is 0.107. The second-order valence-corrected chi connectivity index (χ2v) is 8.69. The molecule has 0 saturated carbocycles. The Kier molecular flexibility index (Phi) is 5.29. The summed E-state index contributed by atoms with van der Waals surface area (Å²) in [6, 6.07) is 22.3. The molecule has 1 heterocycles. The van der Waals surface area contributed by atoms with Crippen molar-refractivity contribution in [2.75, 3.05) is 5.32 Å². The summed E-state index contributed by atoms with van der Waals surface area (Å²) >= 11 is 6.22. The van der Waals surface area contributed by atoms with Gasteiger partial charge in [0.15, 0.2) is 5.78 Å². The average Bonchev–Trinajstić information content (AvgIpc) is 3.28. The second-order valence-electron chi connectivity index (χ2n) is 8.28. The van der Waals surface area contributed by atoms with Crippen LogP contribution in [-0.4, -0.2) is 5.78 Å². The van der Waals surface area contributed by atoms with E-state index >= 15 is 0 Å². The van der Waals surface area contributed by atoms with Crippen molar-refractivity contribution in [3.8, 4) is 5.75 Å². The molecule has 0 spiro atoms. The quantitative estimate of drug-likeness (QED) is 0.352. The normalized spacial score (nSPS) is 21.2. The van der Waals surface area contributed by atoms with Crippen LogP contribution in [0.1, 0.15) is 52.4 Å². The third-order valence-electron chi connectivity index (χ3n) is 6.36. The molecule has 2 aliphatic rings. The van der Waals surface area contributed by atoms with Gasteiger partial charge in [0, 0.05) is 27.8 Å². The maximum absolute atomic E-state index is 11.8. The van der Waals surface area contributed by atoms with Gasteiger partial charge in [-0.25, -0.2) is 0 Å². The monoisotopic (exact) mass is 429 g/mol. The molecule has 0 bridgehead atoms. The summed E-state index contributed by atoms with van der Waals surface area (Å²) in [4.78, 5) is 11.8. The van der Waals surface area contributed by atoms with E-state index in [-0.39, 0.29) is 11.8 Å². The van der Waals surface area contributed by atoms with Crippen molar-refractivity contribution in [1.29, 1.82) is 0 Å². The third-order valence-corrected chi connectivity index (χ3v) is 6.73. The number of fused-ring (bicyclic) bond motifs is 3. The fourth-order valence-electron chi connectivity index (χ4n) is 4.69. The number of carbonyl (C=O) groups is 1. The standard InChI is InChI=1S/C27H24ClNO2/c1-17(30)19-11-14-26-24(15-19)22-6-4-7-23(22)27(29-26)18-9-12-21(13-10-18)31-16-20-5-2-3-8-25(20)28/h2-6,8-15,22-23,27,29H,7,16H2,1H3/t22-,23+,27+/m1/s1. The van der Waals surface area contributed by atoms with Gasteiger partial charge in [0.25, 0.3) is 0 Å². The second kappa shape index (κ2) is 8.24. The first-order valence-electron chi connectivity index (χ1n) is 10.6. The third kappa shape index (κ3) is 3.86. The highest BCUT2D eigenvalue weighted by atomic mass is 35.5. The molecule has 1 aliphatic heterocycles. The molecule has 3 atom stereocenters. The van der Waals surface area contributed by atoms with Gasteiger partial charge in [0.05, 0.1) is 6.04 Å². The zero-order valence-electron chi connectivity index (χ0n) is 17.3. The van der Waals surface area contributed by atoms with E-state index in [1.165, 1.54) is 11.1 Å². The van der Waals surface area contributed by atoms with Crippen LogP contribution in [0.5, 0.6) is 5.75 Å². The van der Waals surface area contributed by atoms with Gasteiger partial charge in [-0.05, 0) is 66.8 Å². The molecule has 0 fully saturated rings. The van der Waals surface area contributed by atoms with Gasteiger partial charge in [-0.1, -0.05) is 54.1 Å². The average molecular weight is 430 g/mol. The lowest BCUT2D eigenvalue weighted by Gasteiger charge is -2.37. The van der Waals surface area contributed by atoms with Crippen molar-refractivity contribution in [2.24, 2.45) is 5.92 Å². The molecule has 1 N–H and O–H groups in total. The van der Waals surface area contributed by atoms with Crippen LogP contribution in [0.15, 0.2) is 78.9 Å². The lowest BCUT2D eigenvalue weighted by Crippen LogP contribution is -2.29. The van der Waals surface area contributed by atoms with E-state index in [0.717, 1.165) is 34.0 Å². The van der Waals surface area contributed by atoms with Gasteiger partial charge >= 0.3 is 0 Å². The molecule has 5 rings (SSSR count). The Morgan fingerprint density at radius 1 is 1.10 bits per heavy atom. The molecule has 0 saturated heterocycles. The van der Waals surface area contributed by atoms with Crippen LogP contribution >= 0.6 is 11.6 Å². The largest absolute Gasteiger partial charge is 0.489 e. The number of hydrogen-bond acceptors (Lipinski definition) is 3. The number of hydrogen-bond donors (Lipinski definition) is 1. The van der Waals surface area contributed by atoms with Crippen molar-refractivity contribution in [2.45, 2.75) is 31.9 Å². The molecule has 31 heavy (non-hydrogen) atoms. The number of carbonyl (C=O) groups excluding carboxylic acids is 1. The number of halogens is 1. The van der Waals surface area contributed by atoms with Crippen molar-refractivity contribution in [3.63, 3.8) is 0 Å². The summed E-state index contributed by atoms with van der Waals surface area (Å²) in [6.45, 7) is 2.07. The number of benzene rings is 3. The summed E-state index contributed by atoms with van der Waals surface area (Å²) < 4.78 is 5.94. The Labute approximate surface area is 187 Å². The number of allylic oxidation sites excluding steroid dienone is 2. The van der Waals surface area contributed by atoms with Gasteiger partial charge in [-0.2, -0.15) is 0 Å². The number of nitrogens with one attached hydrogen (secondary N) is 1. The molecule has 3 aromatic rings. The minimum Gasteiger partial charge on any atom is -0.489 e. The molecule has 3 aromatic carbocycles. The molecule has 0 unspecified atom stereocenters. The lowest BCUT2D eigenvalue weighted by atomic mass is 9.76. The van der Waals surface area contributed by atoms with E-state index in [2.05, 4.69) is 35.7 Å². The Bertz CT molecular complexity index is 1150. The van der Waals surface area contributed by atoms with E-state index in [4.69, 9.17) is 16.3 Å². The summed E-state index contributed by atoms with van der Waals surface area (Å²) in [5.41, 5.74) is 5.33. The fraction of sp³-hybridized carbons (Fsp3) is 0.222. The highest BCUT2D eigenvalue weighted by molar-refractivity contribution is 6.31. The first-order valence-corrected chi connectivity index (χ1v) is 11.0. The number of ether oxygens (including phenoxy) is 1. The van der Waals surface area contributed by atoms with Crippen molar-refractivity contribution in [3.05, 3.63) is 106 Å². The van der Waals surface area contributed by atoms with Crippen LogP contribution in [0.2, 0.25) is 5.02 Å². The molecule has 0 amide bonds. The predicted octanol–water partition coefficient (Wildman–Crippen LogP) is 6.95. The van der Waals surface area contributed by atoms with Crippen LogP contribution in [0, 0.1) is 5.92 Å². The first-order chi connectivity index (χ1) is 15.1. The predicted molar refractivity (Wildman–Crippen MR) is 125 cm³/mol. The van der Waals surface area contributed by atoms with Crippen molar-refractivity contribution >= 4 is 23.1 Å². The van der Waals surface area contributed by atoms with Crippen LogP contribution < -0.4 is 10.1 Å². The van der Waals surface area contributed by atoms with Crippen LogP contribution in [0.3, 0.4) is 0 Å². The summed E-state index contributed by atoms with van der Waals surface area (Å²) in [5.74, 6) is 1.70. The number of anilines is 1. The zero-order chi connectivity index (χ0) is 21.4. The topological polar surface area (TPSA) is 38.3 Å². The van der Waals surface area contributed by atoms with E-state index in [9.17, 15) is 4.79 Å². The Morgan fingerprint density at radius 2 is 1.90 bits per heavy atom. The van der Waals surface area contributed by atoms with Crippen LogP contribution in [0.4, 0.5) is 5.69 Å². The molecule has 4 heteroatoms. The summed E-state index contributed by atoms with van der Waals surface area (Å²) in [7, 11) is 0. The highest BCUT2D eigenvalue weighted by Crippen LogP contribution is 2.50. The molecule has 156 valence electrons. The minimum absolute atomic E-state index is 0.107. The molecule has 1 aliphatic carbocycles. The number of ketones is 1. The molecular formula is C27H24ClNO2. The van der Waals surface area contributed by atoms with E-state index in [1.54, 1.807) is 6.92 Å². The van der Waals surface area contributed by atoms with E-state index in [1.807, 2.05) is 48.5 Å². The van der Waals surface area contributed by atoms with Crippen LogP contribution in [-0.2, 0) is 6.61 Å². The lowest BCUT2D eigenvalue weighted by molar-refractivity contribution is 0.101. The fourth-order valence-corrected chi connectivity index (χ4v) is 4.88. The molecule has 0 aromatic heterocycles.